The van der Waals surface area contributed by atoms with E-state index in [4.69, 9.17) is 10.5 Å². The molecule has 1 atom stereocenters. The maximum Gasteiger partial charge on any atom is 0.237 e. The third kappa shape index (κ3) is 7.68. The molecule has 0 unspecified atom stereocenters. The highest BCUT2D eigenvalue weighted by atomic mass is 16.5. The Bertz CT molecular complexity index is 406. The van der Waals surface area contributed by atoms with Crippen molar-refractivity contribution in [1.82, 2.24) is 5.32 Å². The van der Waals surface area contributed by atoms with Gasteiger partial charge in [0.15, 0.2) is 0 Å². The molecule has 1 amide bonds. The van der Waals surface area contributed by atoms with Crippen molar-refractivity contribution in [2.75, 3.05) is 19.8 Å². The van der Waals surface area contributed by atoms with Crippen LogP contribution in [0, 0.1) is 0 Å². The summed E-state index contributed by atoms with van der Waals surface area (Å²) < 4.78 is 5.42. The van der Waals surface area contributed by atoms with E-state index in [0.717, 1.165) is 31.4 Å². The number of phenolic OH excluding ortho intramolecular Hbond substituents is 1. The fraction of sp³-hybridized carbons (Fsp3) is 0.562. The molecule has 1 aromatic rings. The van der Waals surface area contributed by atoms with Crippen molar-refractivity contribution in [2.24, 2.45) is 5.73 Å². The number of nitrogens with one attached hydrogen (secondary N) is 1. The summed E-state index contributed by atoms with van der Waals surface area (Å²) in [7, 11) is 0. The molecule has 0 heterocycles. The minimum atomic E-state index is -0.574. The molecule has 118 valence electrons. The van der Waals surface area contributed by atoms with Gasteiger partial charge >= 0.3 is 0 Å². The summed E-state index contributed by atoms with van der Waals surface area (Å²) >= 11 is 0. The van der Waals surface area contributed by atoms with Gasteiger partial charge in [0.1, 0.15) is 5.75 Å². The van der Waals surface area contributed by atoms with E-state index in [9.17, 15) is 9.90 Å². The molecule has 0 saturated carbocycles. The second kappa shape index (κ2) is 10.2. The summed E-state index contributed by atoms with van der Waals surface area (Å²) in [5.41, 5.74) is 6.79. The summed E-state index contributed by atoms with van der Waals surface area (Å²) in [5.74, 6) is 0.0523. The fourth-order valence-corrected chi connectivity index (χ4v) is 1.84. The molecule has 0 spiro atoms. The average Bonchev–Trinajstić information content (AvgIpc) is 2.48. The standard InChI is InChI=1S/C16H26N2O3/c1-2-3-10-21-11-4-9-18-16(20)15(17)12-13-5-7-14(19)8-6-13/h5-8,15,19H,2-4,9-12,17H2,1H3,(H,18,20)/t15-/m0/s1. The predicted octanol–water partition coefficient (Wildman–Crippen LogP) is 1.58. The van der Waals surface area contributed by atoms with E-state index in [-0.39, 0.29) is 11.7 Å². The number of benzene rings is 1. The Morgan fingerprint density at radius 3 is 2.62 bits per heavy atom. The molecular formula is C16H26N2O3. The van der Waals surface area contributed by atoms with E-state index >= 15 is 0 Å². The SMILES string of the molecule is CCCCOCCCNC(=O)[C@@H](N)Cc1ccc(O)cc1. The topological polar surface area (TPSA) is 84.6 Å². The van der Waals surface area contributed by atoms with Crippen LogP contribution in [0.5, 0.6) is 5.75 Å². The number of ether oxygens (including phenoxy) is 1. The number of aromatic hydroxyl groups is 1. The van der Waals surface area contributed by atoms with Crippen molar-refractivity contribution < 1.29 is 14.6 Å². The van der Waals surface area contributed by atoms with Gasteiger partial charge < -0.3 is 20.9 Å². The quantitative estimate of drug-likeness (QED) is 0.572. The Balaban J connectivity index is 2.15. The molecule has 0 aromatic heterocycles. The van der Waals surface area contributed by atoms with Crippen LogP contribution in [-0.4, -0.2) is 36.8 Å². The van der Waals surface area contributed by atoms with Crippen LogP contribution in [0.25, 0.3) is 0 Å². The molecule has 5 heteroatoms. The molecule has 0 radical (unpaired) electrons. The van der Waals surface area contributed by atoms with E-state index in [1.54, 1.807) is 24.3 Å². The molecule has 0 bridgehead atoms. The van der Waals surface area contributed by atoms with Crippen LogP contribution in [0.3, 0.4) is 0 Å². The lowest BCUT2D eigenvalue weighted by Crippen LogP contribution is -2.42. The minimum Gasteiger partial charge on any atom is -0.508 e. The monoisotopic (exact) mass is 294 g/mol. The Labute approximate surface area is 126 Å². The van der Waals surface area contributed by atoms with E-state index in [2.05, 4.69) is 12.2 Å². The van der Waals surface area contributed by atoms with Gasteiger partial charge in [-0.25, -0.2) is 0 Å². The van der Waals surface area contributed by atoms with E-state index in [1.807, 2.05) is 0 Å². The highest BCUT2D eigenvalue weighted by molar-refractivity contribution is 5.81. The summed E-state index contributed by atoms with van der Waals surface area (Å²) in [5, 5.41) is 12.0. The maximum atomic E-state index is 11.8. The number of hydrogen-bond donors (Lipinski definition) is 3. The zero-order valence-electron chi connectivity index (χ0n) is 12.7. The predicted molar refractivity (Wildman–Crippen MR) is 83.1 cm³/mol. The molecule has 0 aliphatic rings. The first-order valence-corrected chi connectivity index (χ1v) is 7.52. The number of unbranched alkanes of at least 4 members (excludes halogenated alkanes) is 1. The highest BCUT2D eigenvalue weighted by Crippen LogP contribution is 2.10. The Morgan fingerprint density at radius 2 is 1.95 bits per heavy atom. The van der Waals surface area contributed by atoms with Crippen LogP contribution in [-0.2, 0) is 16.0 Å². The normalized spacial score (nSPS) is 12.1. The van der Waals surface area contributed by atoms with Gasteiger partial charge in [-0.3, -0.25) is 4.79 Å². The zero-order valence-corrected chi connectivity index (χ0v) is 12.7. The van der Waals surface area contributed by atoms with Gasteiger partial charge in [0.05, 0.1) is 6.04 Å². The Hall–Kier alpha value is -1.59. The number of hydrogen-bond acceptors (Lipinski definition) is 4. The number of amides is 1. The highest BCUT2D eigenvalue weighted by Gasteiger charge is 2.13. The van der Waals surface area contributed by atoms with E-state index in [1.165, 1.54) is 0 Å². The fourth-order valence-electron chi connectivity index (χ4n) is 1.84. The minimum absolute atomic E-state index is 0.156. The zero-order chi connectivity index (χ0) is 15.5. The van der Waals surface area contributed by atoms with Crippen molar-refractivity contribution in [3.8, 4) is 5.75 Å². The summed E-state index contributed by atoms with van der Waals surface area (Å²) in [6.45, 7) is 4.14. The van der Waals surface area contributed by atoms with Gasteiger partial charge in [-0.2, -0.15) is 0 Å². The lowest BCUT2D eigenvalue weighted by molar-refractivity contribution is -0.122. The summed E-state index contributed by atoms with van der Waals surface area (Å²) in [4.78, 5) is 11.8. The van der Waals surface area contributed by atoms with Gasteiger partial charge in [-0.1, -0.05) is 25.5 Å². The Morgan fingerprint density at radius 1 is 1.29 bits per heavy atom. The molecule has 1 rings (SSSR count). The number of carbonyl (C=O) groups is 1. The molecule has 0 fully saturated rings. The number of carbonyl (C=O) groups excluding carboxylic acids is 1. The third-order valence-corrected chi connectivity index (χ3v) is 3.14. The van der Waals surface area contributed by atoms with Crippen molar-refractivity contribution in [3.63, 3.8) is 0 Å². The van der Waals surface area contributed by atoms with Crippen LogP contribution in [0.1, 0.15) is 31.7 Å². The van der Waals surface area contributed by atoms with Crippen LogP contribution < -0.4 is 11.1 Å². The van der Waals surface area contributed by atoms with Gasteiger partial charge in [0, 0.05) is 19.8 Å². The first-order valence-electron chi connectivity index (χ1n) is 7.52. The molecule has 4 N–H and O–H groups in total. The van der Waals surface area contributed by atoms with Crippen LogP contribution in [0.2, 0.25) is 0 Å². The van der Waals surface area contributed by atoms with E-state index < -0.39 is 6.04 Å². The second-order valence-corrected chi connectivity index (χ2v) is 5.09. The lowest BCUT2D eigenvalue weighted by Gasteiger charge is -2.12. The van der Waals surface area contributed by atoms with Gasteiger partial charge in [-0.15, -0.1) is 0 Å². The molecule has 21 heavy (non-hydrogen) atoms. The maximum absolute atomic E-state index is 11.8. The lowest BCUT2D eigenvalue weighted by atomic mass is 10.1. The smallest absolute Gasteiger partial charge is 0.237 e. The van der Waals surface area contributed by atoms with E-state index in [0.29, 0.717) is 19.6 Å². The number of nitrogens with two attached hydrogens (primary N) is 1. The molecule has 1 aromatic carbocycles. The van der Waals surface area contributed by atoms with Crippen LogP contribution in [0.15, 0.2) is 24.3 Å². The second-order valence-electron chi connectivity index (χ2n) is 5.09. The van der Waals surface area contributed by atoms with Crippen molar-refractivity contribution in [2.45, 2.75) is 38.6 Å². The number of rotatable bonds is 10. The van der Waals surface area contributed by atoms with Crippen LogP contribution >= 0.6 is 0 Å². The average molecular weight is 294 g/mol. The molecule has 0 aliphatic carbocycles. The summed E-state index contributed by atoms with van der Waals surface area (Å²) in [6.07, 6.45) is 3.45. The van der Waals surface area contributed by atoms with Crippen molar-refractivity contribution >= 4 is 5.91 Å². The van der Waals surface area contributed by atoms with Crippen molar-refractivity contribution in [1.29, 1.82) is 0 Å². The van der Waals surface area contributed by atoms with Crippen LogP contribution in [0.4, 0.5) is 0 Å². The van der Waals surface area contributed by atoms with Gasteiger partial charge in [0.2, 0.25) is 5.91 Å². The third-order valence-electron chi connectivity index (χ3n) is 3.14. The molecule has 0 saturated heterocycles. The number of phenols is 1. The largest absolute Gasteiger partial charge is 0.508 e. The van der Waals surface area contributed by atoms with Gasteiger partial charge in [0.25, 0.3) is 0 Å². The first-order chi connectivity index (χ1) is 10.1. The molecular weight excluding hydrogens is 268 g/mol. The molecule has 0 aliphatic heterocycles. The first kappa shape index (κ1) is 17.5. The van der Waals surface area contributed by atoms with Crippen molar-refractivity contribution in [3.05, 3.63) is 29.8 Å². The van der Waals surface area contributed by atoms with Gasteiger partial charge in [-0.05, 0) is 37.0 Å². The Kier molecular flexibility index (Phi) is 8.47. The molecule has 5 nitrogen and oxygen atoms in total. The summed E-state index contributed by atoms with van der Waals surface area (Å²) in [6, 6.07) is 6.14.